The second-order valence-electron chi connectivity index (χ2n) is 5.19. The molecule has 1 atom stereocenters. The van der Waals surface area contributed by atoms with Gasteiger partial charge in [-0.3, -0.25) is 9.59 Å². The number of benzene rings is 2. The van der Waals surface area contributed by atoms with Gasteiger partial charge in [-0.15, -0.1) is 0 Å². The summed E-state index contributed by atoms with van der Waals surface area (Å²) in [5, 5.41) is 15.1. The summed E-state index contributed by atoms with van der Waals surface area (Å²) >= 11 is 0. The third kappa shape index (κ3) is 5.92. The Balaban J connectivity index is 1.71. The fourth-order valence-corrected chi connectivity index (χ4v) is 2.04. The van der Waals surface area contributed by atoms with Gasteiger partial charge in [0.05, 0.1) is 6.42 Å². The average molecular weight is 312 g/mol. The predicted octanol–water partition coefficient (Wildman–Crippen LogP) is 1.37. The molecule has 2 aromatic rings. The number of hydrogen-bond acceptors (Lipinski definition) is 3. The lowest BCUT2D eigenvalue weighted by Crippen LogP contribution is -2.38. The summed E-state index contributed by atoms with van der Waals surface area (Å²) in [5.41, 5.74) is 1.89. The molecule has 120 valence electrons. The lowest BCUT2D eigenvalue weighted by Gasteiger charge is -2.12. The summed E-state index contributed by atoms with van der Waals surface area (Å²) in [5.74, 6) is -0.917. The summed E-state index contributed by atoms with van der Waals surface area (Å²) in [7, 11) is 0. The number of carbonyl (C=O) groups is 2. The van der Waals surface area contributed by atoms with E-state index in [1.165, 1.54) is 0 Å². The zero-order valence-electron chi connectivity index (χ0n) is 12.7. The highest BCUT2D eigenvalue weighted by molar-refractivity contribution is 5.87. The third-order valence-corrected chi connectivity index (χ3v) is 3.32. The summed E-state index contributed by atoms with van der Waals surface area (Å²) < 4.78 is 0. The van der Waals surface area contributed by atoms with Crippen LogP contribution in [0.4, 0.5) is 0 Å². The van der Waals surface area contributed by atoms with E-state index < -0.39 is 12.0 Å². The van der Waals surface area contributed by atoms with E-state index in [0.29, 0.717) is 13.1 Å². The van der Waals surface area contributed by atoms with E-state index >= 15 is 0 Å². The van der Waals surface area contributed by atoms with E-state index in [2.05, 4.69) is 10.6 Å². The first-order valence-electron chi connectivity index (χ1n) is 7.45. The minimum absolute atomic E-state index is 0.256. The molecular weight excluding hydrogens is 292 g/mol. The van der Waals surface area contributed by atoms with Crippen molar-refractivity contribution >= 4 is 11.8 Å². The fraction of sp³-hybridized carbons (Fsp3) is 0.222. The Morgan fingerprint density at radius 1 is 0.826 bits per heavy atom. The standard InChI is InChI=1S/C18H20N2O3/c21-16(18(23)20-13-15-9-5-2-6-10-15)11-17(22)19-12-14-7-3-1-4-8-14/h1-10,16,21H,11-13H2,(H,19,22)(H,20,23)/t16-/m0/s1. The molecule has 0 heterocycles. The molecule has 23 heavy (non-hydrogen) atoms. The molecule has 0 saturated heterocycles. The first-order chi connectivity index (χ1) is 11.1. The van der Waals surface area contributed by atoms with Crippen molar-refractivity contribution in [2.24, 2.45) is 0 Å². The molecule has 2 amide bonds. The monoisotopic (exact) mass is 312 g/mol. The zero-order valence-corrected chi connectivity index (χ0v) is 12.7. The van der Waals surface area contributed by atoms with E-state index in [0.717, 1.165) is 11.1 Å². The molecule has 0 saturated carbocycles. The van der Waals surface area contributed by atoms with Gasteiger partial charge in [0.25, 0.3) is 0 Å². The number of carbonyl (C=O) groups excluding carboxylic acids is 2. The van der Waals surface area contributed by atoms with Gasteiger partial charge in [0.2, 0.25) is 11.8 Å². The number of aliphatic hydroxyl groups is 1. The van der Waals surface area contributed by atoms with Gasteiger partial charge in [-0.05, 0) is 11.1 Å². The number of rotatable bonds is 7. The van der Waals surface area contributed by atoms with Crippen LogP contribution < -0.4 is 10.6 Å². The number of aliphatic hydroxyl groups excluding tert-OH is 1. The molecule has 0 aliphatic carbocycles. The fourth-order valence-electron chi connectivity index (χ4n) is 2.04. The van der Waals surface area contributed by atoms with Crippen molar-refractivity contribution in [3.63, 3.8) is 0 Å². The first-order valence-corrected chi connectivity index (χ1v) is 7.45. The summed E-state index contributed by atoms with van der Waals surface area (Å²) in [6, 6.07) is 18.8. The maximum atomic E-state index is 11.8. The van der Waals surface area contributed by atoms with Crippen molar-refractivity contribution in [1.82, 2.24) is 10.6 Å². The molecule has 0 radical (unpaired) electrons. The van der Waals surface area contributed by atoms with Crippen molar-refractivity contribution in [1.29, 1.82) is 0 Å². The Labute approximate surface area is 135 Å². The van der Waals surface area contributed by atoms with Gasteiger partial charge >= 0.3 is 0 Å². The van der Waals surface area contributed by atoms with E-state index in [-0.39, 0.29) is 12.3 Å². The van der Waals surface area contributed by atoms with Crippen LogP contribution in [-0.4, -0.2) is 23.0 Å². The van der Waals surface area contributed by atoms with Crippen molar-refractivity contribution in [2.45, 2.75) is 25.6 Å². The van der Waals surface area contributed by atoms with Gasteiger partial charge in [-0.25, -0.2) is 0 Å². The molecule has 0 bridgehead atoms. The van der Waals surface area contributed by atoms with Crippen molar-refractivity contribution < 1.29 is 14.7 Å². The van der Waals surface area contributed by atoms with Crippen LogP contribution in [0.1, 0.15) is 17.5 Å². The second kappa shape index (κ2) is 8.70. The minimum atomic E-state index is -1.35. The van der Waals surface area contributed by atoms with Crippen molar-refractivity contribution in [2.75, 3.05) is 0 Å². The highest BCUT2D eigenvalue weighted by atomic mass is 16.3. The maximum Gasteiger partial charge on any atom is 0.249 e. The minimum Gasteiger partial charge on any atom is -0.383 e. The molecule has 5 nitrogen and oxygen atoms in total. The van der Waals surface area contributed by atoms with Crippen LogP contribution >= 0.6 is 0 Å². The average Bonchev–Trinajstić information content (AvgIpc) is 2.59. The van der Waals surface area contributed by atoms with E-state index in [1.54, 1.807) is 0 Å². The van der Waals surface area contributed by atoms with Gasteiger partial charge in [0, 0.05) is 13.1 Å². The van der Waals surface area contributed by atoms with Crippen LogP contribution in [-0.2, 0) is 22.7 Å². The van der Waals surface area contributed by atoms with E-state index in [9.17, 15) is 14.7 Å². The molecule has 0 unspecified atom stereocenters. The summed E-state index contributed by atoms with van der Waals surface area (Å²) in [4.78, 5) is 23.5. The van der Waals surface area contributed by atoms with Crippen molar-refractivity contribution in [3.8, 4) is 0 Å². The molecule has 2 aromatic carbocycles. The molecule has 0 aliphatic heterocycles. The van der Waals surface area contributed by atoms with Gasteiger partial charge in [0.1, 0.15) is 6.10 Å². The smallest absolute Gasteiger partial charge is 0.249 e. The second-order valence-corrected chi connectivity index (χ2v) is 5.19. The largest absolute Gasteiger partial charge is 0.383 e. The van der Waals surface area contributed by atoms with Gasteiger partial charge in [-0.2, -0.15) is 0 Å². The lowest BCUT2D eigenvalue weighted by molar-refractivity contribution is -0.134. The highest BCUT2D eigenvalue weighted by Crippen LogP contribution is 2.00. The molecule has 0 spiro atoms. The zero-order chi connectivity index (χ0) is 16.5. The van der Waals surface area contributed by atoms with Crippen LogP contribution in [0.5, 0.6) is 0 Å². The number of hydrogen-bond donors (Lipinski definition) is 3. The van der Waals surface area contributed by atoms with Gasteiger partial charge in [0.15, 0.2) is 0 Å². The molecule has 2 rings (SSSR count). The molecule has 0 aromatic heterocycles. The molecule has 0 aliphatic rings. The Morgan fingerprint density at radius 3 is 1.83 bits per heavy atom. The third-order valence-electron chi connectivity index (χ3n) is 3.32. The Kier molecular flexibility index (Phi) is 6.32. The topological polar surface area (TPSA) is 78.4 Å². The maximum absolute atomic E-state index is 11.8. The SMILES string of the molecule is O=C(C[C@H](O)C(=O)NCc1ccccc1)NCc1ccccc1. The summed E-state index contributed by atoms with van der Waals surface area (Å²) in [6.07, 6.45) is -1.61. The number of nitrogens with one attached hydrogen (secondary N) is 2. The molecule has 5 heteroatoms. The molecule has 0 fully saturated rings. The first kappa shape index (κ1) is 16.7. The van der Waals surface area contributed by atoms with E-state index in [4.69, 9.17) is 0 Å². The molecule has 3 N–H and O–H groups in total. The van der Waals surface area contributed by atoms with Gasteiger partial charge in [-0.1, -0.05) is 60.7 Å². The Bertz CT molecular complexity index is 629. The Morgan fingerprint density at radius 2 is 1.30 bits per heavy atom. The van der Waals surface area contributed by atoms with Crippen molar-refractivity contribution in [3.05, 3.63) is 71.8 Å². The summed E-state index contributed by atoms with van der Waals surface area (Å²) in [6.45, 7) is 0.695. The lowest BCUT2D eigenvalue weighted by atomic mass is 10.2. The quantitative estimate of drug-likeness (QED) is 0.722. The Hall–Kier alpha value is -2.66. The van der Waals surface area contributed by atoms with Crippen LogP contribution in [0.25, 0.3) is 0 Å². The van der Waals surface area contributed by atoms with Crippen LogP contribution in [0, 0.1) is 0 Å². The van der Waals surface area contributed by atoms with E-state index in [1.807, 2.05) is 60.7 Å². The normalized spacial score (nSPS) is 11.5. The predicted molar refractivity (Wildman–Crippen MR) is 87.2 cm³/mol. The van der Waals surface area contributed by atoms with Crippen LogP contribution in [0.3, 0.4) is 0 Å². The highest BCUT2D eigenvalue weighted by Gasteiger charge is 2.18. The van der Waals surface area contributed by atoms with Crippen LogP contribution in [0.15, 0.2) is 60.7 Å². The number of amides is 2. The van der Waals surface area contributed by atoms with Crippen LogP contribution in [0.2, 0.25) is 0 Å². The van der Waals surface area contributed by atoms with Gasteiger partial charge < -0.3 is 15.7 Å². The molecular formula is C18H20N2O3.